The van der Waals surface area contributed by atoms with Crippen LogP contribution >= 0.6 is 0 Å². The molecule has 1 aromatic rings. The maximum Gasteiger partial charge on any atom is 0.206 e. The molecule has 1 radical (unpaired) electrons. The van der Waals surface area contributed by atoms with Gasteiger partial charge in [-0.3, -0.25) is 4.79 Å². The first-order chi connectivity index (χ1) is 5.42. The predicted octanol–water partition coefficient (Wildman–Crippen LogP) is 1.83. The number of benzene rings is 1. The molecule has 0 unspecified atom stereocenters. The van der Waals surface area contributed by atoms with Gasteiger partial charge in [-0.25, -0.2) is 0 Å². The molecule has 0 aromatic heterocycles. The van der Waals surface area contributed by atoms with Crippen molar-refractivity contribution in [2.24, 2.45) is 0 Å². The maximum absolute atomic E-state index is 10.4. The molecule has 1 aliphatic rings. The Bertz CT molecular complexity index is 278. The van der Waals surface area contributed by atoms with Crippen molar-refractivity contribution in [3.05, 3.63) is 35.4 Å². The standard InChI is InChI=1S/C10H9O/c11-7-9-6-5-8-3-1-2-4-10(8)9/h1-4,9H,5-6H2/t9-/m0/s1. The Morgan fingerprint density at radius 1 is 1.36 bits per heavy atom. The number of hydrogen-bond donors (Lipinski definition) is 0. The summed E-state index contributed by atoms with van der Waals surface area (Å²) in [5.74, 6) is 0.0474. The third kappa shape index (κ3) is 0.967. The van der Waals surface area contributed by atoms with E-state index in [-0.39, 0.29) is 5.92 Å². The second-order valence-electron chi connectivity index (χ2n) is 2.91. The van der Waals surface area contributed by atoms with Gasteiger partial charge in [0, 0.05) is 0 Å². The maximum atomic E-state index is 10.4. The highest BCUT2D eigenvalue weighted by Crippen LogP contribution is 2.30. The molecule has 1 atom stereocenters. The molecule has 1 aromatic carbocycles. The molecule has 11 heavy (non-hydrogen) atoms. The predicted molar refractivity (Wildman–Crippen MR) is 43.2 cm³/mol. The molecule has 0 amide bonds. The lowest BCUT2D eigenvalue weighted by atomic mass is 10.0. The molecule has 0 heterocycles. The van der Waals surface area contributed by atoms with Crippen molar-refractivity contribution in [2.75, 3.05) is 0 Å². The topological polar surface area (TPSA) is 17.1 Å². The Balaban J connectivity index is 2.46. The quantitative estimate of drug-likeness (QED) is 0.589. The van der Waals surface area contributed by atoms with E-state index >= 15 is 0 Å². The van der Waals surface area contributed by atoms with E-state index in [1.165, 1.54) is 11.1 Å². The van der Waals surface area contributed by atoms with E-state index in [0.717, 1.165) is 12.8 Å². The Morgan fingerprint density at radius 3 is 3.00 bits per heavy atom. The highest BCUT2D eigenvalue weighted by Gasteiger charge is 2.21. The number of fused-ring (bicyclic) bond motifs is 1. The minimum atomic E-state index is 0.0474. The Labute approximate surface area is 66.0 Å². The average molecular weight is 145 g/mol. The van der Waals surface area contributed by atoms with Gasteiger partial charge >= 0.3 is 0 Å². The summed E-state index contributed by atoms with van der Waals surface area (Å²) < 4.78 is 0. The van der Waals surface area contributed by atoms with Gasteiger partial charge < -0.3 is 0 Å². The molecule has 1 heteroatoms. The normalized spacial score (nSPS) is 21.3. The van der Waals surface area contributed by atoms with Crippen LogP contribution in [0.5, 0.6) is 0 Å². The fourth-order valence-electron chi connectivity index (χ4n) is 1.68. The molecular formula is C10H9O. The largest absolute Gasteiger partial charge is 0.290 e. The van der Waals surface area contributed by atoms with E-state index in [1.807, 2.05) is 18.2 Å². The molecular weight excluding hydrogens is 136 g/mol. The summed E-state index contributed by atoms with van der Waals surface area (Å²) in [7, 11) is 0. The lowest BCUT2D eigenvalue weighted by molar-refractivity contribution is 0.542. The van der Waals surface area contributed by atoms with Gasteiger partial charge in [-0.05, 0) is 24.0 Å². The van der Waals surface area contributed by atoms with Gasteiger partial charge in [0.05, 0.1) is 5.92 Å². The van der Waals surface area contributed by atoms with Crippen molar-refractivity contribution in [3.8, 4) is 0 Å². The highest BCUT2D eigenvalue weighted by atomic mass is 16.1. The fraction of sp³-hybridized carbons (Fsp3) is 0.300. The average Bonchev–Trinajstić information content (AvgIpc) is 2.47. The third-order valence-electron chi connectivity index (χ3n) is 2.28. The Hall–Kier alpha value is -1.11. The Kier molecular flexibility index (Phi) is 1.50. The van der Waals surface area contributed by atoms with Crippen molar-refractivity contribution in [2.45, 2.75) is 18.8 Å². The van der Waals surface area contributed by atoms with Gasteiger partial charge in [0.1, 0.15) is 0 Å². The molecule has 1 nitrogen and oxygen atoms in total. The Morgan fingerprint density at radius 2 is 2.18 bits per heavy atom. The molecule has 1 aliphatic carbocycles. The van der Waals surface area contributed by atoms with Crippen LogP contribution in [0, 0.1) is 0 Å². The molecule has 0 saturated heterocycles. The van der Waals surface area contributed by atoms with Crippen LogP contribution in [0.3, 0.4) is 0 Å². The van der Waals surface area contributed by atoms with Gasteiger partial charge in [0.2, 0.25) is 6.29 Å². The first-order valence-corrected chi connectivity index (χ1v) is 3.87. The summed E-state index contributed by atoms with van der Waals surface area (Å²) in [6.45, 7) is 0. The number of hydrogen-bond acceptors (Lipinski definition) is 1. The second-order valence-corrected chi connectivity index (χ2v) is 2.91. The minimum absolute atomic E-state index is 0.0474. The van der Waals surface area contributed by atoms with Gasteiger partial charge in [0.25, 0.3) is 0 Å². The van der Waals surface area contributed by atoms with E-state index in [0.29, 0.717) is 0 Å². The summed E-state index contributed by atoms with van der Waals surface area (Å²) in [6.07, 6.45) is 4.06. The lowest BCUT2D eigenvalue weighted by Crippen LogP contribution is -1.92. The van der Waals surface area contributed by atoms with Crippen LogP contribution in [0.2, 0.25) is 0 Å². The summed E-state index contributed by atoms with van der Waals surface area (Å²) in [6, 6.07) is 8.12. The van der Waals surface area contributed by atoms with Gasteiger partial charge in [0.15, 0.2) is 0 Å². The zero-order chi connectivity index (χ0) is 7.68. The number of aryl methyl sites for hydroxylation is 1. The van der Waals surface area contributed by atoms with Crippen LogP contribution < -0.4 is 0 Å². The van der Waals surface area contributed by atoms with E-state index in [1.54, 1.807) is 0 Å². The van der Waals surface area contributed by atoms with Crippen LogP contribution in [-0.2, 0) is 11.2 Å². The first-order valence-electron chi connectivity index (χ1n) is 3.87. The zero-order valence-corrected chi connectivity index (χ0v) is 6.21. The highest BCUT2D eigenvalue weighted by molar-refractivity contribution is 5.65. The fourth-order valence-corrected chi connectivity index (χ4v) is 1.68. The van der Waals surface area contributed by atoms with Crippen LogP contribution in [0.15, 0.2) is 24.3 Å². The molecule has 0 spiro atoms. The first kappa shape index (κ1) is 6.59. The van der Waals surface area contributed by atoms with Crippen molar-refractivity contribution in [3.63, 3.8) is 0 Å². The van der Waals surface area contributed by atoms with Crippen LogP contribution in [0.4, 0.5) is 0 Å². The molecule has 0 bridgehead atoms. The summed E-state index contributed by atoms with van der Waals surface area (Å²) in [5.41, 5.74) is 2.50. The van der Waals surface area contributed by atoms with Crippen LogP contribution in [-0.4, -0.2) is 6.29 Å². The third-order valence-corrected chi connectivity index (χ3v) is 2.28. The molecule has 2 rings (SSSR count). The van der Waals surface area contributed by atoms with Gasteiger partial charge in [-0.2, -0.15) is 0 Å². The number of rotatable bonds is 1. The minimum Gasteiger partial charge on any atom is -0.290 e. The SMILES string of the molecule is O=[C][C@@H]1CCc2ccccc21. The number of carbonyl (C=O) groups excluding carboxylic acids is 1. The lowest BCUT2D eigenvalue weighted by Gasteiger charge is -1.99. The van der Waals surface area contributed by atoms with Crippen molar-refractivity contribution in [1.29, 1.82) is 0 Å². The molecule has 0 N–H and O–H groups in total. The summed E-state index contributed by atoms with van der Waals surface area (Å²) >= 11 is 0. The summed E-state index contributed by atoms with van der Waals surface area (Å²) in [4.78, 5) is 10.4. The monoisotopic (exact) mass is 145 g/mol. The van der Waals surface area contributed by atoms with E-state index in [9.17, 15) is 4.79 Å². The smallest absolute Gasteiger partial charge is 0.206 e. The van der Waals surface area contributed by atoms with E-state index in [4.69, 9.17) is 0 Å². The van der Waals surface area contributed by atoms with E-state index in [2.05, 4.69) is 12.4 Å². The van der Waals surface area contributed by atoms with Crippen molar-refractivity contribution >= 4 is 6.29 Å². The molecule has 0 saturated carbocycles. The van der Waals surface area contributed by atoms with Crippen molar-refractivity contribution < 1.29 is 4.79 Å². The molecule has 0 aliphatic heterocycles. The van der Waals surface area contributed by atoms with E-state index < -0.39 is 0 Å². The van der Waals surface area contributed by atoms with Crippen molar-refractivity contribution in [1.82, 2.24) is 0 Å². The van der Waals surface area contributed by atoms with Gasteiger partial charge in [-0.15, -0.1) is 0 Å². The van der Waals surface area contributed by atoms with Gasteiger partial charge in [-0.1, -0.05) is 24.3 Å². The second kappa shape index (κ2) is 2.50. The van der Waals surface area contributed by atoms with Crippen LogP contribution in [0.1, 0.15) is 23.5 Å². The van der Waals surface area contributed by atoms with Crippen LogP contribution in [0.25, 0.3) is 0 Å². The summed E-state index contributed by atoms with van der Waals surface area (Å²) in [5, 5.41) is 0. The zero-order valence-electron chi connectivity index (χ0n) is 6.21. The molecule has 0 fully saturated rings. The molecule has 55 valence electrons.